The summed E-state index contributed by atoms with van der Waals surface area (Å²) in [4.78, 5) is 23.3. The lowest BCUT2D eigenvalue weighted by atomic mass is 10.2. The zero-order valence-corrected chi connectivity index (χ0v) is 15.4. The maximum absolute atomic E-state index is 12.1. The highest BCUT2D eigenvalue weighted by Gasteiger charge is 2.21. The van der Waals surface area contributed by atoms with Crippen molar-refractivity contribution in [2.24, 2.45) is 5.92 Å². The van der Waals surface area contributed by atoms with Gasteiger partial charge in [-0.2, -0.15) is 0 Å². The first-order valence-electron chi connectivity index (χ1n) is 9.12. The molecule has 2 aromatic rings. The van der Waals surface area contributed by atoms with Crippen molar-refractivity contribution >= 4 is 23.0 Å². The summed E-state index contributed by atoms with van der Waals surface area (Å²) >= 11 is 0. The van der Waals surface area contributed by atoms with Gasteiger partial charge in [-0.1, -0.05) is 26.0 Å². The second-order valence-electron chi connectivity index (χ2n) is 7.01. The number of nitrogens with one attached hydrogen (secondary N) is 1. The van der Waals surface area contributed by atoms with Crippen LogP contribution in [0.1, 0.15) is 19.5 Å². The van der Waals surface area contributed by atoms with Gasteiger partial charge in [0.25, 0.3) is 0 Å². The van der Waals surface area contributed by atoms with Crippen LogP contribution < -0.4 is 5.32 Å². The maximum atomic E-state index is 12.1. The van der Waals surface area contributed by atoms with Crippen molar-refractivity contribution < 1.29 is 9.53 Å². The van der Waals surface area contributed by atoms with Crippen LogP contribution in [0.2, 0.25) is 0 Å². The van der Waals surface area contributed by atoms with E-state index in [1.54, 1.807) is 12.3 Å². The summed E-state index contributed by atoms with van der Waals surface area (Å²) in [6.45, 7) is 8.55. The number of aromatic nitrogens is 2. The lowest BCUT2D eigenvalue weighted by Crippen LogP contribution is -2.48. The minimum Gasteiger partial charge on any atom is -0.374 e. The Morgan fingerprint density at radius 1 is 1.38 bits per heavy atom. The number of rotatable bonds is 6. The average Bonchev–Trinajstić information content (AvgIpc) is 2.64. The second kappa shape index (κ2) is 8.87. The quantitative estimate of drug-likeness (QED) is 0.805. The fourth-order valence-corrected chi connectivity index (χ4v) is 3.07. The molecule has 1 aromatic heterocycles. The summed E-state index contributed by atoms with van der Waals surface area (Å²) < 4.78 is 5.75. The SMILES string of the molecule is CC(C)CN1CCOC(CNC(=O)/C=C/c2cnc3ccccc3n2)C1. The Morgan fingerprint density at radius 2 is 2.19 bits per heavy atom. The van der Waals surface area contributed by atoms with E-state index >= 15 is 0 Å². The van der Waals surface area contributed by atoms with E-state index in [1.165, 1.54) is 6.08 Å². The highest BCUT2D eigenvalue weighted by molar-refractivity contribution is 5.91. The second-order valence-corrected chi connectivity index (χ2v) is 7.01. The van der Waals surface area contributed by atoms with Crippen LogP contribution in [0, 0.1) is 5.92 Å². The van der Waals surface area contributed by atoms with Crippen molar-refractivity contribution in [2.75, 3.05) is 32.8 Å². The molecule has 6 heteroatoms. The number of para-hydroxylation sites is 2. The Kier molecular flexibility index (Phi) is 6.30. The number of nitrogens with zero attached hydrogens (tertiary/aromatic N) is 3. The molecule has 1 aliphatic rings. The number of ether oxygens (including phenoxy) is 1. The molecule has 1 unspecified atom stereocenters. The average molecular weight is 354 g/mol. The monoisotopic (exact) mass is 354 g/mol. The molecule has 0 saturated carbocycles. The lowest BCUT2D eigenvalue weighted by molar-refractivity contribution is -0.117. The van der Waals surface area contributed by atoms with Crippen LogP contribution in [0.5, 0.6) is 0 Å². The number of hydrogen-bond acceptors (Lipinski definition) is 5. The number of carbonyl (C=O) groups excluding carboxylic acids is 1. The molecule has 1 saturated heterocycles. The Balaban J connectivity index is 1.49. The standard InChI is InChI=1S/C20H26N4O2/c1-15(2)13-24-9-10-26-17(14-24)12-22-20(25)8-7-16-11-21-18-5-3-4-6-19(18)23-16/h3-8,11,15,17H,9-10,12-14H2,1-2H3,(H,22,25)/b8-7+. The largest absolute Gasteiger partial charge is 0.374 e. The van der Waals surface area contributed by atoms with Crippen LogP contribution >= 0.6 is 0 Å². The molecule has 1 amide bonds. The molecular formula is C20H26N4O2. The van der Waals surface area contributed by atoms with Gasteiger partial charge in [0.15, 0.2) is 0 Å². The summed E-state index contributed by atoms with van der Waals surface area (Å²) in [5, 5.41) is 2.91. The first-order valence-corrected chi connectivity index (χ1v) is 9.12. The Hall–Kier alpha value is -2.31. The predicted octanol–water partition coefficient (Wildman–Crippen LogP) is 2.12. The summed E-state index contributed by atoms with van der Waals surface area (Å²) in [7, 11) is 0. The smallest absolute Gasteiger partial charge is 0.244 e. The molecule has 0 bridgehead atoms. The van der Waals surface area contributed by atoms with Crippen LogP contribution in [0.4, 0.5) is 0 Å². The zero-order chi connectivity index (χ0) is 18.4. The maximum Gasteiger partial charge on any atom is 0.244 e. The molecule has 0 aliphatic carbocycles. The molecule has 0 spiro atoms. The van der Waals surface area contributed by atoms with Crippen molar-refractivity contribution in [1.82, 2.24) is 20.2 Å². The van der Waals surface area contributed by atoms with Crippen molar-refractivity contribution in [3.8, 4) is 0 Å². The van der Waals surface area contributed by atoms with E-state index in [9.17, 15) is 4.79 Å². The first kappa shape index (κ1) is 18.5. The van der Waals surface area contributed by atoms with Crippen molar-refractivity contribution in [3.05, 3.63) is 42.2 Å². The summed E-state index contributed by atoms with van der Waals surface area (Å²) in [6.07, 6.45) is 4.88. The molecule has 6 nitrogen and oxygen atoms in total. The third kappa shape index (κ3) is 5.34. The fourth-order valence-electron chi connectivity index (χ4n) is 3.07. The molecule has 1 fully saturated rings. The van der Waals surface area contributed by atoms with E-state index in [0.717, 1.165) is 37.3 Å². The van der Waals surface area contributed by atoms with Crippen molar-refractivity contribution in [1.29, 1.82) is 0 Å². The summed E-state index contributed by atoms with van der Waals surface area (Å²) in [5.74, 6) is 0.485. The minimum atomic E-state index is -0.149. The molecule has 1 N–H and O–H groups in total. The molecule has 26 heavy (non-hydrogen) atoms. The predicted molar refractivity (Wildman–Crippen MR) is 103 cm³/mol. The molecule has 138 valence electrons. The van der Waals surface area contributed by atoms with Crippen LogP contribution in [0.3, 0.4) is 0 Å². The van der Waals surface area contributed by atoms with E-state index in [1.807, 2.05) is 24.3 Å². The number of morpholine rings is 1. The molecule has 3 rings (SSSR count). The number of hydrogen-bond donors (Lipinski definition) is 1. The van der Waals surface area contributed by atoms with Crippen molar-refractivity contribution in [3.63, 3.8) is 0 Å². The number of benzene rings is 1. The van der Waals surface area contributed by atoms with Crippen LogP contribution in [0.15, 0.2) is 36.5 Å². The highest BCUT2D eigenvalue weighted by atomic mass is 16.5. The van der Waals surface area contributed by atoms with Gasteiger partial charge in [-0.15, -0.1) is 0 Å². The highest BCUT2D eigenvalue weighted by Crippen LogP contribution is 2.09. The van der Waals surface area contributed by atoms with E-state index in [0.29, 0.717) is 18.2 Å². The number of amides is 1. The third-order valence-corrected chi connectivity index (χ3v) is 4.22. The van der Waals surface area contributed by atoms with Gasteiger partial charge in [-0.25, -0.2) is 4.98 Å². The van der Waals surface area contributed by atoms with E-state index < -0.39 is 0 Å². The molecule has 0 radical (unpaired) electrons. The summed E-state index contributed by atoms with van der Waals surface area (Å²) in [5.41, 5.74) is 2.32. The van der Waals surface area contributed by atoms with E-state index in [-0.39, 0.29) is 12.0 Å². The Bertz CT molecular complexity index is 775. The molecule has 1 atom stereocenters. The van der Waals surface area contributed by atoms with Gasteiger partial charge in [0, 0.05) is 32.3 Å². The van der Waals surface area contributed by atoms with E-state index in [4.69, 9.17) is 4.74 Å². The van der Waals surface area contributed by atoms with Gasteiger partial charge in [0.1, 0.15) is 0 Å². The third-order valence-electron chi connectivity index (χ3n) is 4.22. The Labute approximate surface area is 154 Å². The first-order chi connectivity index (χ1) is 12.6. The lowest BCUT2D eigenvalue weighted by Gasteiger charge is -2.33. The van der Waals surface area contributed by atoms with Gasteiger partial charge >= 0.3 is 0 Å². The fraction of sp³-hybridized carbons (Fsp3) is 0.450. The number of carbonyl (C=O) groups is 1. The van der Waals surface area contributed by atoms with Crippen molar-refractivity contribution in [2.45, 2.75) is 20.0 Å². The van der Waals surface area contributed by atoms with Gasteiger partial charge in [-0.05, 0) is 24.1 Å². The zero-order valence-electron chi connectivity index (χ0n) is 15.4. The van der Waals surface area contributed by atoms with Crippen LogP contribution in [-0.2, 0) is 9.53 Å². The molecule has 2 heterocycles. The van der Waals surface area contributed by atoms with Gasteiger partial charge in [-0.3, -0.25) is 14.7 Å². The van der Waals surface area contributed by atoms with Gasteiger partial charge in [0.05, 0.1) is 35.6 Å². The number of fused-ring (bicyclic) bond motifs is 1. The molecule has 1 aliphatic heterocycles. The van der Waals surface area contributed by atoms with Gasteiger partial charge < -0.3 is 10.1 Å². The van der Waals surface area contributed by atoms with Crippen LogP contribution in [0.25, 0.3) is 17.1 Å². The van der Waals surface area contributed by atoms with Crippen LogP contribution in [-0.4, -0.2) is 59.7 Å². The van der Waals surface area contributed by atoms with E-state index in [2.05, 4.69) is 34.0 Å². The normalized spacial score (nSPS) is 18.7. The molecular weight excluding hydrogens is 328 g/mol. The Morgan fingerprint density at radius 3 is 3.00 bits per heavy atom. The minimum absolute atomic E-state index is 0.0420. The molecule has 1 aromatic carbocycles. The summed E-state index contributed by atoms with van der Waals surface area (Å²) in [6, 6.07) is 7.66. The van der Waals surface area contributed by atoms with Gasteiger partial charge in [0.2, 0.25) is 5.91 Å². The topological polar surface area (TPSA) is 67.3 Å².